The van der Waals surface area contributed by atoms with Gasteiger partial charge in [-0.15, -0.1) is 11.8 Å². The van der Waals surface area contributed by atoms with Crippen LogP contribution < -0.4 is 0 Å². The lowest BCUT2D eigenvalue weighted by molar-refractivity contribution is -0.137. The second kappa shape index (κ2) is 6.91. The molecule has 120 valence electrons. The van der Waals surface area contributed by atoms with Crippen molar-refractivity contribution in [3.05, 3.63) is 40.5 Å². The fraction of sp³-hybridized carbons (Fsp3) is 0.429. The van der Waals surface area contributed by atoms with Crippen molar-refractivity contribution in [1.82, 2.24) is 10.1 Å². The van der Waals surface area contributed by atoms with E-state index >= 15 is 0 Å². The fourth-order valence-corrected chi connectivity index (χ4v) is 2.97. The van der Waals surface area contributed by atoms with Gasteiger partial charge in [-0.1, -0.05) is 23.7 Å². The zero-order valence-corrected chi connectivity index (χ0v) is 13.5. The Kier molecular flexibility index (Phi) is 5.39. The third kappa shape index (κ3) is 4.16. The van der Waals surface area contributed by atoms with E-state index in [1.54, 1.807) is 13.0 Å². The fourth-order valence-electron chi connectivity index (χ4n) is 1.81. The molecule has 2 aromatic rings. The van der Waals surface area contributed by atoms with Gasteiger partial charge < -0.3 is 4.52 Å². The van der Waals surface area contributed by atoms with E-state index in [-0.39, 0.29) is 10.3 Å². The van der Waals surface area contributed by atoms with E-state index in [0.29, 0.717) is 23.0 Å². The van der Waals surface area contributed by atoms with Crippen LogP contribution in [-0.4, -0.2) is 10.1 Å². The molecular formula is C14H14ClF3N2OS. The summed E-state index contributed by atoms with van der Waals surface area (Å²) in [6.07, 6.45) is -2.87. The van der Waals surface area contributed by atoms with Crippen molar-refractivity contribution in [1.29, 1.82) is 0 Å². The number of rotatable bonds is 5. The van der Waals surface area contributed by atoms with Crippen LogP contribution in [0.25, 0.3) is 0 Å². The minimum absolute atomic E-state index is 0.250. The van der Waals surface area contributed by atoms with Crippen LogP contribution in [0.15, 0.2) is 27.6 Å². The molecule has 1 aromatic carbocycles. The highest BCUT2D eigenvalue weighted by Gasteiger charge is 2.33. The maximum absolute atomic E-state index is 12.8. The van der Waals surface area contributed by atoms with Crippen LogP contribution >= 0.6 is 23.4 Å². The van der Waals surface area contributed by atoms with E-state index in [1.165, 1.54) is 17.8 Å². The lowest BCUT2D eigenvalue weighted by Crippen LogP contribution is -2.05. The number of hydrogen-bond acceptors (Lipinski definition) is 4. The van der Waals surface area contributed by atoms with Crippen LogP contribution in [0.1, 0.15) is 42.8 Å². The average Bonchev–Trinajstić information content (AvgIpc) is 2.89. The van der Waals surface area contributed by atoms with Crippen LogP contribution in [0, 0.1) is 0 Å². The first-order valence-electron chi connectivity index (χ1n) is 6.67. The van der Waals surface area contributed by atoms with Crippen molar-refractivity contribution in [2.45, 2.75) is 43.0 Å². The topological polar surface area (TPSA) is 38.9 Å². The molecule has 0 amide bonds. The van der Waals surface area contributed by atoms with Crippen LogP contribution in [0.4, 0.5) is 13.2 Å². The second-order valence-corrected chi connectivity index (χ2v) is 6.52. The molecule has 1 heterocycles. The Hall–Kier alpha value is -1.21. The van der Waals surface area contributed by atoms with Gasteiger partial charge in [0.05, 0.1) is 15.8 Å². The highest BCUT2D eigenvalue weighted by molar-refractivity contribution is 7.99. The van der Waals surface area contributed by atoms with Gasteiger partial charge in [0.25, 0.3) is 0 Å². The van der Waals surface area contributed by atoms with Crippen LogP contribution in [0.5, 0.6) is 0 Å². The summed E-state index contributed by atoms with van der Waals surface area (Å²) < 4.78 is 43.7. The number of aromatic nitrogens is 2. The van der Waals surface area contributed by atoms with Gasteiger partial charge in [-0.05, 0) is 31.5 Å². The lowest BCUT2D eigenvalue weighted by Gasteiger charge is -2.12. The molecule has 0 N–H and O–H groups in total. The summed E-state index contributed by atoms with van der Waals surface area (Å²) in [6, 6.07) is 3.82. The molecule has 1 aromatic heterocycles. The third-order valence-corrected chi connectivity index (χ3v) is 4.27. The maximum atomic E-state index is 12.8. The first kappa shape index (κ1) is 17.1. The molecule has 3 nitrogen and oxygen atoms in total. The van der Waals surface area contributed by atoms with E-state index in [9.17, 15) is 13.2 Å². The number of hydrogen-bond donors (Lipinski definition) is 0. The standard InChI is InChI=1S/C14H14ClF3N2OS/c1-3-4-12-19-13(21-20-12)8(2)22-9-5-6-11(15)10(7-9)14(16,17)18/h5-8H,3-4H2,1-2H3. The minimum Gasteiger partial charge on any atom is -0.338 e. The monoisotopic (exact) mass is 350 g/mol. The normalized spacial score (nSPS) is 13.4. The van der Waals surface area contributed by atoms with Gasteiger partial charge in [0.2, 0.25) is 5.89 Å². The van der Waals surface area contributed by atoms with E-state index in [2.05, 4.69) is 10.1 Å². The van der Waals surface area contributed by atoms with Gasteiger partial charge in [-0.2, -0.15) is 18.2 Å². The summed E-state index contributed by atoms with van der Waals surface area (Å²) in [5.41, 5.74) is -0.844. The summed E-state index contributed by atoms with van der Waals surface area (Å²) in [4.78, 5) is 4.68. The van der Waals surface area contributed by atoms with E-state index in [4.69, 9.17) is 16.1 Å². The van der Waals surface area contributed by atoms with Crippen molar-refractivity contribution < 1.29 is 17.7 Å². The Bertz CT molecular complexity index is 645. The van der Waals surface area contributed by atoms with Crippen LogP contribution in [0.2, 0.25) is 5.02 Å². The van der Waals surface area contributed by atoms with Gasteiger partial charge in [0.1, 0.15) is 0 Å². The summed E-state index contributed by atoms with van der Waals surface area (Å²) in [6.45, 7) is 3.80. The summed E-state index contributed by atoms with van der Waals surface area (Å²) in [7, 11) is 0. The highest BCUT2D eigenvalue weighted by Crippen LogP contribution is 2.40. The van der Waals surface area contributed by atoms with Gasteiger partial charge in [-0.25, -0.2) is 0 Å². The van der Waals surface area contributed by atoms with Gasteiger partial charge in [-0.3, -0.25) is 0 Å². The molecule has 0 radical (unpaired) electrons. The Labute approximate surface area is 135 Å². The molecule has 22 heavy (non-hydrogen) atoms. The first-order valence-corrected chi connectivity index (χ1v) is 7.93. The van der Waals surface area contributed by atoms with Gasteiger partial charge in [0.15, 0.2) is 5.82 Å². The predicted octanol–water partition coefficient (Wildman–Crippen LogP) is 5.55. The van der Waals surface area contributed by atoms with Crippen LogP contribution in [-0.2, 0) is 12.6 Å². The maximum Gasteiger partial charge on any atom is 0.417 e. The van der Waals surface area contributed by atoms with Crippen molar-refractivity contribution >= 4 is 23.4 Å². The van der Waals surface area contributed by atoms with Crippen molar-refractivity contribution in [2.75, 3.05) is 0 Å². The molecular weight excluding hydrogens is 337 g/mol. The molecule has 0 saturated heterocycles. The molecule has 1 atom stereocenters. The number of benzene rings is 1. The second-order valence-electron chi connectivity index (χ2n) is 4.70. The van der Waals surface area contributed by atoms with E-state index in [0.717, 1.165) is 12.5 Å². The summed E-state index contributed by atoms with van der Waals surface area (Å²) >= 11 is 6.81. The summed E-state index contributed by atoms with van der Waals surface area (Å²) in [5, 5.41) is 3.28. The van der Waals surface area contributed by atoms with E-state index < -0.39 is 11.7 Å². The van der Waals surface area contributed by atoms with Crippen molar-refractivity contribution in [2.24, 2.45) is 0 Å². The average molecular weight is 351 g/mol. The first-order chi connectivity index (χ1) is 10.3. The van der Waals surface area contributed by atoms with Gasteiger partial charge in [0, 0.05) is 11.3 Å². The number of aryl methyl sites for hydroxylation is 1. The molecule has 0 aliphatic carbocycles. The number of halogens is 4. The number of thioether (sulfide) groups is 1. The highest BCUT2D eigenvalue weighted by atomic mass is 35.5. The molecule has 1 unspecified atom stereocenters. The smallest absolute Gasteiger partial charge is 0.338 e. The lowest BCUT2D eigenvalue weighted by atomic mass is 10.2. The zero-order chi connectivity index (χ0) is 16.3. The Balaban J connectivity index is 2.15. The number of nitrogens with zero attached hydrogens (tertiary/aromatic N) is 2. The van der Waals surface area contributed by atoms with Crippen LogP contribution in [0.3, 0.4) is 0 Å². The molecule has 0 aliphatic rings. The minimum atomic E-state index is -4.48. The third-order valence-electron chi connectivity index (χ3n) is 2.86. The Morgan fingerprint density at radius 2 is 2.09 bits per heavy atom. The predicted molar refractivity (Wildman–Crippen MR) is 79.0 cm³/mol. The SMILES string of the molecule is CCCc1noc(C(C)Sc2ccc(Cl)c(C(F)(F)F)c2)n1. The molecule has 0 spiro atoms. The molecule has 8 heteroatoms. The van der Waals surface area contributed by atoms with Gasteiger partial charge >= 0.3 is 6.18 Å². The Morgan fingerprint density at radius 1 is 1.36 bits per heavy atom. The molecule has 2 rings (SSSR count). The molecule has 0 fully saturated rings. The largest absolute Gasteiger partial charge is 0.417 e. The number of alkyl halides is 3. The molecule has 0 saturated carbocycles. The van der Waals surface area contributed by atoms with Crippen molar-refractivity contribution in [3.8, 4) is 0 Å². The molecule has 0 bridgehead atoms. The van der Waals surface area contributed by atoms with Crippen molar-refractivity contribution in [3.63, 3.8) is 0 Å². The van der Waals surface area contributed by atoms with E-state index in [1.807, 2.05) is 6.92 Å². The zero-order valence-electron chi connectivity index (χ0n) is 11.9. The Morgan fingerprint density at radius 3 is 2.73 bits per heavy atom. The summed E-state index contributed by atoms with van der Waals surface area (Å²) in [5.74, 6) is 1.01. The quantitative estimate of drug-likeness (QED) is 0.663. The molecule has 0 aliphatic heterocycles.